The van der Waals surface area contributed by atoms with Gasteiger partial charge in [-0.3, -0.25) is 0 Å². The Morgan fingerprint density at radius 2 is 1.91 bits per heavy atom. The Labute approximate surface area is 136 Å². The van der Waals surface area contributed by atoms with Crippen LogP contribution in [-0.4, -0.2) is 23.1 Å². The fourth-order valence-electron chi connectivity index (χ4n) is 2.61. The maximum absolute atomic E-state index is 5.45. The molecule has 3 aromatic rings. The molecule has 2 aromatic carbocycles. The topological polar surface area (TPSA) is 49.9 Å². The van der Waals surface area contributed by atoms with Crippen molar-refractivity contribution in [3.8, 4) is 5.75 Å². The van der Waals surface area contributed by atoms with E-state index in [2.05, 4.69) is 33.5 Å². The number of hydrogen-bond donors (Lipinski definition) is 2. The molecule has 23 heavy (non-hydrogen) atoms. The van der Waals surface area contributed by atoms with E-state index in [0.717, 1.165) is 48.5 Å². The quantitative estimate of drug-likeness (QED) is 0.624. The first kappa shape index (κ1) is 15.6. The van der Waals surface area contributed by atoms with E-state index in [4.69, 9.17) is 4.74 Å². The number of H-pyrrole nitrogens is 1. The van der Waals surface area contributed by atoms with Crippen LogP contribution in [0.3, 0.4) is 0 Å². The van der Waals surface area contributed by atoms with E-state index in [1.54, 1.807) is 0 Å². The highest BCUT2D eigenvalue weighted by Crippen LogP contribution is 2.12. The first-order chi connectivity index (χ1) is 11.3. The Morgan fingerprint density at radius 1 is 1.09 bits per heavy atom. The minimum Gasteiger partial charge on any atom is -0.494 e. The zero-order chi connectivity index (χ0) is 15.9. The average molecular weight is 309 g/mol. The molecule has 120 valence electrons. The number of aromatic nitrogens is 2. The highest BCUT2D eigenvalue weighted by Gasteiger charge is 2.01. The molecular weight excluding hydrogens is 286 g/mol. The van der Waals surface area contributed by atoms with Gasteiger partial charge < -0.3 is 15.0 Å². The molecule has 0 spiro atoms. The number of hydrogen-bond acceptors (Lipinski definition) is 3. The summed E-state index contributed by atoms with van der Waals surface area (Å²) < 4.78 is 5.45. The van der Waals surface area contributed by atoms with Crippen LogP contribution in [0.5, 0.6) is 5.75 Å². The molecule has 0 saturated heterocycles. The lowest BCUT2D eigenvalue weighted by Gasteiger charge is -2.06. The number of nitrogens with one attached hydrogen (secondary N) is 2. The van der Waals surface area contributed by atoms with Crippen LogP contribution in [0.1, 0.15) is 24.7 Å². The van der Waals surface area contributed by atoms with Gasteiger partial charge in [0.25, 0.3) is 0 Å². The number of aromatic amines is 1. The van der Waals surface area contributed by atoms with Gasteiger partial charge >= 0.3 is 0 Å². The van der Waals surface area contributed by atoms with Crippen molar-refractivity contribution in [2.75, 3.05) is 13.2 Å². The molecule has 0 unspecified atom stereocenters. The monoisotopic (exact) mass is 309 g/mol. The van der Waals surface area contributed by atoms with Crippen molar-refractivity contribution in [3.05, 3.63) is 59.9 Å². The van der Waals surface area contributed by atoms with E-state index in [1.165, 1.54) is 5.56 Å². The largest absolute Gasteiger partial charge is 0.494 e. The van der Waals surface area contributed by atoms with Crippen LogP contribution in [-0.2, 0) is 13.0 Å². The first-order valence-electron chi connectivity index (χ1n) is 8.21. The molecule has 3 rings (SSSR count). The Bertz CT molecular complexity index is 701. The van der Waals surface area contributed by atoms with Crippen LogP contribution in [0.4, 0.5) is 0 Å². The number of para-hydroxylation sites is 2. The third kappa shape index (κ3) is 4.33. The molecule has 1 aromatic heterocycles. The molecule has 0 radical (unpaired) electrons. The molecule has 0 aliphatic heterocycles. The standard InChI is InChI=1S/C19H23N3O/c1-2-23-16-11-9-15(10-12-16)14-20-13-5-8-19-21-17-6-3-4-7-18(17)22-19/h3-4,6-7,9-12,20H,2,5,8,13-14H2,1H3,(H,21,22). The van der Waals surface area contributed by atoms with Crippen molar-refractivity contribution in [1.29, 1.82) is 0 Å². The first-order valence-corrected chi connectivity index (χ1v) is 8.21. The molecule has 2 N–H and O–H groups in total. The lowest BCUT2D eigenvalue weighted by Crippen LogP contribution is -2.15. The molecule has 4 heteroatoms. The Morgan fingerprint density at radius 3 is 2.70 bits per heavy atom. The minimum absolute atomic E-state index is 0.708. The van der Waals surface area contributed by atoms with Gasteiger partial charge in [0.05, 0.1) is 17.6 Å². The fourth-order valence-corrected chi connectivity index (χ4v) is 2.61. The lowest BCUT2D eigenvalue weighted by atomic mass is 10.2. The van der Waals surface area contributed by atoms with Crippen molar-refractivity contribution in [1.82, 2.24) is 15.3 Å². The molecule has 0 atom stereocenters. The smallest absolute Gasteiger partial charge is 0.119 e. The number of aryl methyl sites for hydroxylation is 1. The summed E-state index contributed by atoms with van der Waals surface area (Å²) in [6.45, 7) is 4.56. The highest BCUT2D eigenvalue weighted by atomic mass is 16.5. The lowest BCUT2D eigenvalue weighted by molar-refractivity contribution is 0.340. The zero-order valence-corrected chi connectivity index (χ0v) is 13.5. The number of fused-ring (bicyclic) bond motifs is 1. The summed E-state index contributed by atoms with van der Waals surface area (Å²) in [6, 6.07) is 16.4. The summed E-state index contributed by atoms with van der Waals surface area (Å²) in [7, 11) is 0. The second-order valence-electron chi connectivity index (χ2n) is 5.56. The molecule has 4 nitrogen and oxygen atoms in total. The molecule has 0 fully saturated rings. The number of nitrogens with zero attached hydrogens (tertiary/aromatic N) is 1. The van der Waals surface area contributed by atoms with Gasteiger partial charge in [-0.05, 0) is 49.7 Å². The van der Waals surface area contributed by atoms with E-state index in [0.29, 0.717) is 6.61 Å². The minimum atomic E-state index is 0.708. The summed E-state index contributed by atoms with van der Waals surface area (Å²) in [5, 5.41) is 3.47. The molecule has 0 amide bonds. The van der Waals surface area contributed by atoms with Crippen molar-refractivity contribution < 1.29 is 4.74 Å². The Kier molecular flexibility index (Phi) is 5.27. The summed E-state index contributed by atoms with van der Waals surface area (Å²) in [4.78, 5) is 7.97. The zero-order valence-electron chi connectivity index (χ0n) is 13.5. The van der Waals surface area contributed by atoms with E-state index >= 15 is 0 Å². The van der Waals surface area contributed by atoms with Crippen LogP contribution in [0, 0.1) is 0 Å². The second kappa shape index (κ2) is 7.79. The fraction of sp³-hybridized carbons (Fsp3) is 0.316. The Balaban J connectivity index is 1.39. The van der Waals surface area contributed by atoms with Gasteiger partial charge in [-0.25, -0.2) is 4.98 Å². The molecule has 1 heterocycles. The maximum atomic E-state index is 5.45. The third-order valence-corrected chi connectivity index (χ3v) is 3.77. The van der Waals surface area contributed by atoms with E-state index in [9.17, 15) is 0 Å². The molecule has 0 aliphatic carbocycles. The predicted molar refractivity (Wildman–Crippen MR) is 93.7 cm³/mol. The van der Waals surface area contributed by atoms with Crippen LogP contribution in [0.15, 0.2) is 48.5 Å². The normalized spacial score (nSPS) is 11.0. The predicted octanol–water partition coefficient (Wildman–Crippen LogP) is 3.68. The Hall–Kier alpha value is -2.33. The summed E-state index contributed by atoms with van der Waals surface area (Å²) in [5.74, 6) is 2.00. The number of rotatable bonds is 8. The number of imidazole rings is 1. The molecule has 0 saturated carbocycles. The maximum Gasteiger partial charge on any atom is 0.119 e. The molecule has 0 bridgehead atoms. The van der Waals surface area contributed by atoms with Gasteiger partial charge in [0.15, 0.2) is 0 Å². The summed E-state index contributed by atoms with van der Waals surface area (Å²) in [5.41, 5.74) is 3.44. The average Bonchev–Trinajstić information content (AvgIpc) is 2.99. The van der Waals surface area contributed by atoms with Crippen molar-refractivity contribution in [2.45, 2.75) is 26.3 Å². The van der Waals surface area contributed by atoms with Crippen molar-refractivity contribution in [3.63, 3.8) is 0 Å². The van der Waals surface area contributed by atoms with Crippen LogP contribution in [0.2, 0.25) is 0 Å². The van der Waals surface area contributed by atoms with Crippen LogP contribution in [0.25, 0.3) is 11.0 Å². The van der Waals surface area contributed by atoms with Gasteiger partial charge in [0.1, 0.15) is 11.6 Å². The van der Waals surface area contributed by atoms with E-state index in [1.807, 2.05) is 37.3 Å². The second-order valence-corrected chi connectivity index (χ2v) is 5.56. The third-order valence-electron chi connectivity index (χ3n) is 3.77. The summed E-state index contributed by atoms with van der Waals surface area (Å²) >= 11 is 0. The number of ether oxygens (including phenoxy) is 1. The van der Waals surface area contributed by atoms with E-state index in [-0.39, 0.29) is 0 Å². The molecule has 0 aliphatic rings. The summed E-state index contributed by atoms with van der Waals surface area (Å²) in [6.07, 6.45) is 2.03. The van der Waals surface area contributed by atoms with Gasteiger partial charge in [0, 0.05) is 13.0 Å². The van der Waals surface area contributed by atoms with Crippen LogP contribution < -0.4 is 10.1 Å². The van der Waals surface area contributed by atoms with Gasteiger partial charge in [0.2, 0.25) is 0 Å². The van der Waals surface area contributed by atoms with Gasteiger partial charge in [-0.1, -0.05) is 24.3 Å². The van der Waals surface area contributed by atoms with Crippen LogP contribution >= 0.6 is 0 Å². The van der Waals surface area contributed by atoms with Gasteiger partial charge in [-0.2, -0.15) is 0 Å². The van der Waals surface area contributed by atoms with Gasteiger partial charge in [-0.15, -0.1) is 0 Å². The van der Waals surface area contributed by atoms with Crippen molar-refractivity contribution >= 4 is 11.0 Å². The number of benzene rings is 2. The SMILES string of the molecule is CCOc1ccc(CNCCCc2nc3ccccc3[nH]2)cc1. The van der Waals surface area contributed by atoms with E-state index < -0.39 is 0 Å². The highest BCUT2D eigenvalue weighted by molar-refractivity contribution is 5.74. The van der Waals surface area contributed by atoms with Crippen molar-refractivity contribution in [2.24, 2.45) is 0 Å². The molecular formula is C19H23N3O.